The molecule has 1 N–H and O–H groups in total. The number of hydrogen-bond acceptors (Lipinski definition) is 2. The number of imidazole rings is 1. The maximum atomic E-state index is 9.19. The Morgan fingerprint density at radius 3 is 3.00 bits per heavy atom. The summed E-state index contributed by atoms with van der Waals surface area (Å²) >= 11 is 0. The Labute approximate surface area is 83.0 Å². The van der Waals surface area contributed by atoms with Crippen molar-refractivity contribution in [2.75, 3.05) is 0 Å². The minimum atomic E-state index is -0.254. The topological polar surface area (TPSA) is 38.0 Å². The summed E-state index contributed by atoms with van der Waals surface area (Å²) in [4.78, 5) is 4.28. The molecule has 0 aliphatic heterocycles. The number of fused-ring (bicyclic) bond motifs is 1. The summed E-state index contributed by atoms with van der Waals surface area (Å²) in [5.74, 6) is 0. The van der Waals surface area contributed by atoms with Crippen molar-refractivity contribution >= 4 is 11.0 Å². The van der Waals surface area contributed by atoms with E-state index in [-0.39, 0.29) is 6.10 Å². The van der Waals surface area contributed by atoms with Crippen molar-refractivity contribution in [2.45, 2.75) is 26.0 Å². The van der Waals surface area contributed by atoms with Crippen LogP contribution >= 0.6 is 0 Å². The normalized spacial score (nSPS) is 13.3. The fraction of sp³-hybridized carbons (Fsp3) is 0.364. The lowest BCUT2D eigenvalue weighted by molar-refractivity contribution is 0.178. The van der Waals surface area contributed by atoms with Crippen molar-refractivity contribution in [3.63, 3.8) is 0 Å². The highest BCUT2D eigenvalue weighted by Gasteiger charge is 2.02. The number of aromatic nitrogens is 2. The van der Waals surface area contributed by atoms with Crippen molar-refractivity contribution in [1.29, 1.82) is 0 Å². The van der Waals surface area contributed by atoms with Gasteiger partial charge in [0.2, 0.25) is 0 Å². The molecule has 3 heteroatoms. The first-order valence-electron chi connectivity index (χ1n) is 4.85. The molecule has 0 saturated carbocycles. The molecule has 2 rings (SSSR count). The summed E-state index contributed by atoms with van der Waals surface area (Å²) in [6, 6.07) is 8.02. The molecule has 0 saturated heterocycles. The van der Waals surface area contributed by atoms with Gasteiger partial charge in [0.25, 0.3) is 0 Å². The van der Waals surface area contributed by atoms with Crippen LogP contribution in [0.1, 0.15) is 13.3 Å². The average molecular weight is 190 g/mol. The zero-order valence-corrected chi connectivity index (χ0v) is 8.22. The molecule has 1 aromatic carbocycles. The molecule has 0 bridgehead atoms. The van der Waals surface area contributed by atoms with Crippen LogP contribution < -0.4 is 0 Å². The Hall–Kier alpha value is -1.35. The van der Waals surface area contributed by atoms with Gasteiger partial charge in [-0.2, -0.15) is 0 Å². The van der Waals surface area contributed by atoms with Gasteiger partial charge in [0, 0.05) is 6.54 Å². The Balaban J connectivity index is 2.25. The Bertz CT molecular complexity index is 420. The first-order valence-corrected chi connectivity index (χ1v) is 4.85. The van der Waals surface area contributed by atoms with E-state index in [1.54, 1.807) is 6.92 Å². The molecule has 1 atom stereocenters. The molecule has 1 aromatic heterocycles. The van der Waals surface area contributed by atoms with Crippen LogP contribution in [0.25, 0.3) is 11.0 Å². The van der Waals surface area contributed by atoms with Gasteiger partial charge in [-0.3, -0.25) is 0 Å². The average Bonchev–Trinajstić information content (AvgIpc) is 2.58. The van der Waals surface area contributed by atoms with E-state index in [1.165, 1.54) is 0 Å². The number of aryl methyl sites for hydroxylation is 1. The van der Waals surface area contributed by atoms with Gasteiger partial charge in [-0.05, 0) is 25.5 Å². The predicted molar refractivity (Wildman–Crippen MR) is 56.0 cm³/mol. The fourth-order valence-electron chi connectivity index (χ4n) is 1.51. The van der Waals surface area contributed by atoms with Gasteiger partial charge in [0.1, 0.15) is 0 Å². The fourth-order valence-corrected chi connectivity index (χ4v) is 1.51. The van der Waals surface area contributed by atoms with Gasteiger partial charge < -0.3 is 9.67 Å². The molecule has 0 aliphatic carbocycles. The molecular weight excluding hydrogens is 176 g/mol. The minimum absolute atomic E-state index is 0.254. The molecule has 0 spiro atoms. The van der Waals surface area contributed by atoms with E-state index in [2.05, 4.69) is 9.55 Å². The number of rotatable bonds is 3. The SMILES string of the molecule is C[C@H](O)CCn1cnc2ccccc21. The molecule has 0 radical (unpaired) electrons. The van der Waals surface area contributed by atoms with Gasteiger partial charge in [-0.15, -0.1) is 0 Å². The number of nitrogens with zero attached hydrogens (tertiary/aromatic N) is 2. The second kappa shape index (κ2) is 3.80. The van der Waals surface area contributed by atoms with Crippen LogP contribution in [0.3, 0.4) is 0 Å². The third-order valence-electron chi connectivity index (χ3n) is 2.32. The smallest absolute Gasteiger partial charge is 0.0958 e. The zero-order valence-electron chi connectivity index (χ0n) is 8.22. The van der Waals surface area contributed by atoms with Gasteiger partial charge >= 0.3 is 0 Å². The van der Waals surface area contributed by atoms with Crippen LogP contribution in [-0.4, -0.2) is 20.8 Å². The largest absolute Gasteiger partial charge is 0.393 e. The predicted octanol–water partition coefficient (Wildman–Crippen LogP) is 1.81. The first-order chi connectivity index (χ1) is 6.77. The molecule has 0 fully saturated rings. The second-order valence-electron chi connectivity index (χ2n) is 3.56. The van der Waals surface area contributed by atoms with Crippen LogP contribution in [0.5, 0.6) is 0 Å². The number of aliphatic hydroxyl groups is 1. The molecule has 2 aromatic rings. The lowest BCUT2D eigenvalue weighted by Gasteiger charge is -2.05. The number of benzene rings is 1. The summed E-state index contributed by atoms with van der Waals surface area (Å²) < 4.78 is 2.07. The zero-order chi connectivity index (χ0) is 9.97. The summed E-state index contributed by atoms with van der Waals surface area (Å²) in [7, 11) is 0. The van der Waals surface area contributed by atoms with E-state index in [1.807, 2.05) is 30.6 Å². The molecule has 1 heterocycles. The molecule has 0 amide bonds. The van der Waals surface area contributed by atoms with Crippen molar-refractivity contribution in [3.05, 3.63) is 30.6 Å². The maximum Gasteiger partial charge on any atom is 0.0958 e. The maximum absolute atomic E-state index is 9.19. The summed E-state index contributed by atoms with van der Waals surface area (Å²) in [5, 5.41) is 9.19. The van der Waals surface area contributed by atoms with E-state index in [9.17, 15) is 5.11 Å². The van der Waals surface area contributed by atoms with E-state index in [0.29, 0.717) is 0 Å². The highest BCUT2D eigenvalue weighted by atomic mass is 16.3. The highest BCUT2D eigenvalue weighted by Crippen LogP contribution is 2.12. The van der Waals surface area contributed by atoms with Gasteiger partial charge in [0.15, 0.2) is 0 Å². The molecule has 0 aliphatic rings. The summed E-state index contributed by atoms with van der Waals surface area (Å²) in [5.41, 5.74) is 2.14. The summed E-state index contributed by atoms with van der Waals surface area (Å²) in [6.07, 6.45) is 2.34. The number of hydrogen-bond donors (Lipinski definition) is 1. The summed E-state index contributed by atoms with van der Waals surface area (Å²) in [6.45, 7) is 2.62. The van der Waals surface area contributed by atoms with Crippen LogP contribution in [0.4, 0.5) is 0 Å². The van der Waals surface area contributed by atoms with Crippen LogP contribution in [0.2, 0.25) is 0 Å². The molecule has 3 nitrogen and oxygen atoms in total. The van der Waals surface area contributed by atoms with Crippen molar-refractivity contribution in [1.82, 2.24) is 9.55 Å². The second-order valence-corrected chi connectivity index (χ2v) is 3.56. The lowest BCUT2D eigenvalue weighted by atomic mass is 10.2. The van der Waals surface area contributed by atoms with Crippen LogP contribution in [-0.2, 0) is 6.54 Å². The van der Waals surface area contributed by atoms with E-state index < -0.39 is 0 Å². The van der Waals surface area contributed by atoms with Gasteiger partial charge in [-0.25, -0.2) is 4.98 Å². The Kier molecular flexibility index (Phi) is 2.50. The third kappa shape index (κ3) is 1.77. The Morgan fingerprint density at radius 2 is 2.21 bits per heavy atom. The third-order valence-corrected chi connectivity index (χ3v) is 2.32. The van der Waals surface area contributed by atoms with E-state index in [4.69, 9.17) is 0 Å². The minimum Gasteiger partial charge on any atom is -0.393 e. The van der Waals surface area contributed by atoms with Crippen molar-refractivity contribution in [2.24, 2.45) is 0 Å². The highest BCUT2D eigenvalue weighted by molar-refractivity contribution is 5.74. The van der Waals surface area contributed by atoms with E-state index >= 15 is 0 Å². The number of aliphatic hydroxyl groups excluding tert-OH is 1. The van der Waals surface area contributed by atoms with Gasteiger partial charge in [-0.1, -0.05) is 12.1 Å². The van der Waals surface area contributed by atoms with Gasteiger partial charge in [0.05, 0.1) is 23.5 Å². The quantitative estimate of drug-likeness (QED) is 0.801. The molecule has 74 valence electrons. The first kappa shape index (κ1) is 9.21. The molecule has 0 unspecified atom stereocenters. The Morgan fingerprint density at radius 1 is 1.43 bits per heavy atom. The monoisotopic (exact) mass is 190 g/mol. The number of para-hydroxylation sites is 2. The van der Waals surface area contributed by atoms with Crippen molar-refractivity contribution < 1.29 is 5.11 Å². The standard InChI is InChI=1S/C11H14N2O/c1-9(14)6-7-13-8-12-10-4-2-3-5-11(10)13/h2-5,8-9,14H,6-7H2,1H3/t9-/m0/s1. The lowest BCUT2D eigenvalue weighted by Crippen LogP contribution is -2.05. The van der Waals surface area contributed by atoms with E-state index in [0.717, 1.165) is 24.0 Å². The molecular formula is C11H14N2O. The molecule has 14 heavy (non-hydrogen) atoms. The van der Waals surface area contributed by atoms with Crippen LogP contribution in [0.15, 0.2) is 30.6 Å². The van der Waals surface area contributed by atoms with Crippen molar-refractivity contribution in [3.8, 4) is 0 Å². The van der Waals surface area contributed by atoms with Crippen LogP contribution in [0, 0.1) is 0 Å².